The average Bonchev–Trinajstić information content (AvgIpc) is 2.79. The van der Waals surface area contributed by atoms with Crippen LogP contribution in [0.2, 0.25) is 0 Å². The summed E-state index contributed by atoms with van der Waals surface area (Å²) in [4.78, 5) is 0. The summed E-state index contributed by atoms with van der Waals surface area (Å²) in [5.74, 6) is 0.732. The highest BCUT2D eigenvalue weighted by Gasteiger charge is 2.05. The van der Waals surface area contributed by atoms with E-state index >= 15 is 0 Å². The minimum atomic E-state index is 0.636. The van der Waals surface area contributed by atoms with Gasteiger partial charge >= 0.3 is 0 Å². The molecule has 0 aromatic heterocycles. The molecule has 158 valence electrons. The summed E-state index contributed by atoms with van der Waals surface area (Å²) in [7, 11) is 0. The minimum Gasteiger partial charge on any atom is -0.494 e. The lowest BCUT2D eigenvalue weighted by atomic mass is 9.95. The fourth-order valence-corrected chi connectivity index (χ4v) is 3.71. The van der Waals surface area contributed by atoms with Crippen LogP contribution in [0.3, 0.4) is 0 Å². The molecule has 0 fully saturated rings. The van der Waals surface area contributed by atoms with E-state index in [0.717, 1.165) is 17.7 Å². The molecule has 3 aromatic carbocycles. The molecule has 0 bridgehead atoms. The monoisotopic (exact) mass is 408 g/mol. The number of hydrogen-bond donors (Lipinski definition) is 0. The molecule has 0 saturated carbocycles. The van der Waals surface area contributed by atoms with Crippen LogP contribution >= 0.6 is 0 Å². The molecule has 1 nitrogen and oxygen atoms in total. The highest BCUT2D eigenvalue weighted by molar-refractivity contribution is 5.74. The van der Waals surface area contributed by atoms with Crippen LogP contribution in [-0.2, 0) is 11.2 Å². The Morgan fingerprint density at radius 3 is 2.39 bits per heavy atom. The van der Waals surface area contributed by atoms with E-state index in [4.69, 9.17) is 4.74 Å². The maximum atomic E-state index is 5.55. The van der Waals surface area contributed by atoms with Gasteiger partial charge in [0.15, 0.2) is 0 Å². The molecular weight excluding hydrogens is 376 g/mol. The third-order valence-corrected chi connectivity index (χ3v) is 5.44. The molecule has 0 radical (unpaired) electrons. The zero-order valence-electron chi connectivity index (χ0n) is 19.1. The third-order valence-electron chi connectivity index (χ3n) is 5.44. The summed E-state index contributed by atoms with van der Waals surface area (Å²) in [5.41, 5.74) is 9.98. The first-order valence-corrected chi connectivity index (χ1v) is 10.9. The van der Waals surface area contributed by atoms with Gasteiger partial charge in [0.2, 0.25) is 0 Å². The summed E-state index contributed by atoms with van der Waals surface area (Å²) in [6.07, 6.45) is 5.36. The number of hydrogen-bond acceptors (Lipinski definition) is 1. The smallest absolute Gasteiger partial charge is 0.119 e. The second-order valence-electron chi connectivity index (χ2n) is 7.99. The van der Waals surface area contributed by atoms with Crippen LogP contribution in [0.4, 0.5) is 0 Å². The number of allylic oxidation sites excluding steroid dienone is 4. The topological polar surface area (TPSA) is 9.23 Å². The van der Waals surface area contributed by atoms with Crippen molar-refractivity contribution in [2.24, 2.45) is 0 Å². The molecule has 0 spiro atoms. The summed E-state index contributed by atoms with van der Waals surface area (Å²) < 4.78 is 5.55. The largest absolute Gasteiger partial charge is 0.494 e. The van der Waals surface area contributed by atoms with E-state index in [0.29, 0.717) is 6.61 Å². The first kappa shape index (κ1) is 22.4. The Kier molecular flexibility index (Phi) is 7.67. The van der Waals surface area contributed by atoms with E-state index in [9.17, 15) is 0 Å². The Bertz CT molecular complexity index is 1100. The summed E-state index contributed by atoms with van der Waals surface area (Å²) in [6, 6.07) is 25.7. The Morgan fingerprint density at radius 2 is 1.65 bits per heavy atom. The maximum Gasteiger partial charge on any atom is 0.119 e. The lowest BCUT2D eigenvalue weighted by Crippen LogP contribution is -1.93. The van der Waals surface area contributed by atoms with Gasteiger partial charge in [-0.15, -0.1) is 0 Å². The van der Waals surface area contributed by atoms with Crippen molar-refractivity contribution < 1.29 is 4.74 Å². The number of benzene rings is 3. The summed E-state index contributed by atoms with van der Waals surface area (Å²) >= 11 is 0. The molecule has 31 heavy (non-hydrogen) atoms. The van der Waals surface area contributed by atoms with Gasteiger partial charge in [-0.05, 0) is 79.6 Å². The molecule has 1 heteroatoms. The van der Waals surface area contributed by atoms with Gasteiger partial charge in [0, 0.05) is 5.56 Å². The van der Waals surface area contributed by atoms with Crippen molar-refractivity contribution in [3.8, 4) is 11.1 Å². The van der Waals surface area contributed by atoms with Crippen LogP contribution in [0, 0.1) is 6.92 Å². The predicted octanol–water partition coefficient (Wildman–Crippen LogP) is 8.26. The van der Waals surface area contributed by atoms with Crippen LogP contribution in [0.5, 0.6) is 0 Å². The lowest BCUT2D eigenvalue weighted by Gasteiger charge is -2.10. The number of rotatable bonds is 8. The van der Waals surface area contributed by atoms with E-state index in [1.807, 2.05) is 13.0 Å². The van der Waals surface area contributed by atoms with Crippen LogP contribution in [0.1, 0.15) is 43.0 Å². The highest BCUT2D eigenvalue weighted by atomic mass is 16.5. The van der Waals surface area contributed by atoms with Gasteiger partial charge in [0.1, 0.15) is 5.76 Å². The quantitative estimate of drug-likeness (QED) is 0.269. The van der Waals surface area contributed by atoms with E-state index in [-0.39, 0.29) is 0 Å². The fraction of sp³-hybridized carbons (Fsp3) is 0.200. The normalized spacial score (nSPS) is 12.0. The van der Waals surface area contributed by atoms with Crippen molar-refractivity contribution in [3.63, 3.8) is 0 Å². The van der Waals surface area contributed by atoms with Crippen molar-refractivity contribution in [2.75, 3.05) is 6.61 Å². The van der Waals surface area contributed by atoms with Crippen molar-refractivity contribution in [1.82, 2.24) is 0 Å². The first-order chi connectivity index (χ1) is 15.0. The van der Waals surface area contributed by atoms with Crippen molar-refractivity contribution in [1.29, 1.82) is 0 Å². The van der Waals surface area contributed by atoms with E-state index in [1.165, 1.54) is 39.0 Å². The molecule has 0 aliphatic heterocycles. The standard InChI is InChI=1S/C30H32O/c1-6-31-25(5)28-14-10-11-26(20-28)19-22(2)15-16-23(3)30-21-29(18-17-24(30)4)27-12-8-7-9-13-27/h7-18,20-21H,5-6,19H2,1-4H3/b22-15-,23-16+. The zero-order chi connectivity index (χ0) is 22.2. The fourth-order valence-electron chi connectivity index (χ4n) is 3.71. The average molecular weight is 409 g/mol. The van der Waals surface area contributed by atoms with Gasteiger partial charge in [-0.25, -0.2) is 0 Å². The van der Waals surface area contributed by atoms with Gasteiger partial charge in [0.25, 0.3) is 0 Å². The van der Waals surface area contributed by atoms with Crippen molar-refractivity contribution in [3.05, 3.63) is 119 Å². The van der Waals surface area contributed by atoms with Crippen LogP contribution in [0.15, 0.2) is 97.1 Å². The van der Waals surface area contributed by atoms with Gasteiger partial charge < -0.3 is 4.74 Å². The molecule has 3 aromatic rings. The lowest BCUT2D eigenvalue weighted by molar-refractivity contribution is 0.299. The minimum absolute atomic E-state index is 0.636. The van der Waals surface area contributed by atoms with E-state index < -0.39 is 0 Å². The van der Waals surface area contributed by atoms with Gasteiger partial charge in [-0.1, -0.05) is 85.0 Å². The summed E-state index contributed by atoms with van der Waals surface area (Å²) in [5, 5.41) is 0. The number of ether oxygens (including phenoxy) is 1. The molecule has 0 saturated heterocycles. The number of aryl methyl sites for hydroxylation is 1. The van der Waals surface area contributed by atoms with E-state index in [2.05, 4.69) is 106 Å². The molecule has 0 unspecified atom stereocenters. The Labute approximate surface area is 187 Å². The Balaban J connectivity index is 1.78. The van der Waals surface area contributed by atoms with Crippen molar-refractivity contribution in [2.45, 2.75) is 34.1 Å². The van der Waals surface area contributed by atoms with E-state index in [1.54, 1.807) is 0 Å². The summed E-state index contributed by atoms with van der Waals surface area (Å²) in [6.45, 7) is 13.2. The SMILES string of the molecule is C=C(OCC)c1cccc(C/C(C)=C\C=C(/C)c2cc(-c3ccccc3)ccc2C)c1. The van der Waals surface area contributed by atoms with Gasteiger partial charge in [0.05, 0.1) is 6.61 Å². The first-order valence-electron chi connectivity index (χ1n) is 10.9. The highest BCUT2D eigenvalue weighted by Crippen LogP contribution is 2.27. The van der Waals surface area contributed by atoms with Crippen LogP contribution in [0.25, 0.3) is 22.5 Å². The second-order valence-corrected chi connectivity index (χ2v) is 7.99. The molecule has 0 atom stereocenters. The third kappa shape index (κ3) is 6.08. The molecule has 0 aliphatic rings. The van der Waals surface area contributed by atoms with Gasteiger partial charge in [-0.3, -0.25) is 0 Å². The molecule has 0 heterocycles. The molecule has 3 rings (SSSR count). The zero-order valence-corrected chi connectivity index (χ0v) is 19.1. The molecule has 0 N–H and O–H groups in total. The Hall–Kier alpha value is -3.32. The van der Waals surface area contributed by atoms with Crippen molar-refractivity contribution >= 4 is 11.3 Å². The van der Waals surface area contributed by atoms with Crippen LogP contribution < -0.4 is 0 Å². The second kappa shape index (κ2) is 10.6. The van der Waals surface area contributed by atoms with Crippen LogP contribution in [-0.4, -0.2) is 6.61 Å². The molecule has 0 amide bonds. The molecule has 0 aliphatic carbocycles. The van der Waals surface area contributed by atoms with Gasteiger partial charge in [-0.2, -0.15) is 0 Å². The molecular formula is C30H32O. The predicted molar refractivity (Wildman–Crippen MR) is 135 cm³/mol. The Morgan fingerprint density at radius 1 is 0.871 bits per heavy atom. The maximum absolute atomic E-state index is 5.55.